The molecule has 0 saturated carbocycles. The molecule has 0 aliphatic heterocycles. The third-order valence-electron chi connectivity index (χ3n) is 2.96. The van der Waals surface area contributed by atoms with Gasteiger partial charge in [-0.2, -0.15) is 0 Å². The lowest BCUT2D eigenvalue weighted by atomic mass is 10.1. The summed E-state index contributed by atoms with van der Waals surface area (Å²) in [5.41, 5.74) is 6.73. The molecule has 20 heavy (non-hydrogen) atoms. The number of thiazole rings is 1. The van der Waals surface area contributed by atoms with Crippen LogP contribution in [0, 0.1) is 0 Å². The molecule has 106 valence electrons. The van der Waals surface area contributed by atoms with Gasteiger partial charge in [0, 0.05) is 24.0 Å². The molecule has 1 heterocycles. The standard InChI is InChI=1S/C15H19N3OS/c1-11(16)7-8-13(19)18-14(15-17-9-10-20-15)12-5-3-2-4-6-12/h2-6,9-11,14H,7-8,16H2,1H3,(H,18,19). The average Bonchev–Trinajstić information content (AvgIpc) is 2.97. The second-order valence-electron chi connectivity index (χ2n) is 4.80. The molecule has 0 spiro atoms. The van der Waals surface area contributed by atoms with Crippen LogP contribution in [0.4, 0.5) is 0 Å². The van der Waals surface area contributed by atoms with E-state index in [4.69, 9.17) is 5.73 Å². The molecule has 0 radical (unpaired) electrons. The summed E-state index contributed by atoms with van der Waals surface area (Å²) >= 11 is 1.54. The van der Waals surface area contributed by atoms with E-state index in [1.54, 1.807) is 17.5 Å². The number of benzene rings is 1. The van der Waals surface area contributed by atoms with Crippen molar-refractivity contribution in [2.24, 2.45) is 5.73 Å². The molecule has 2 aromatic rings. The average molecular weight is 289 g/mol. The number of carbonyl (C=O) groups is 1. The van der Waals surface area contributed by atoms with Crippen LogP contribution in [0.1, 0.15) is 36.4 Å². The van der Waals surface area contributed by atoms with Crippen LogP contribution in [0.25, 0.3) is 0 Å². The molecule has 3 N–H and O–H groups in total. The smallest absolute Gasteiger partial charge is 0.220 e. The Labute approximate surface area is 123 Å². The van der Waals surface area contributed by atoms with E-state index in [0.29, 0.717) is 12.8 Å². The minimum absolute atomic E-state index is 0.00588. The Morgan fingerprint density at radius 2 is 2.15 bits per heavy atom. The largest absolute Gasteiger partial charge is 0.343 e. The van der Waals surface area contributed by atoms with Crippen molar-refractivity contribution in [3.63, 3.8) is 0 Å². The molecule has 2 unspecified atom stereocenters. The monoisotopic (exact) mass is 289 g/mol. The Hall–Kier alpha value is -1.72. The summed E-state index contributed by atoms with van der Waals surface area (Å²) in [7, 11) is 0. The van der Waals surface area contributed by atoms with Crippen molar-refractivity contribution in [3.8, 4) is 0 Å². The van der Waals surface area contributed by atoms with Crippen molar-refractivity contribution in [2.75, 3.05) is 0 Å². The summed E-state index contributed by atoms with van der Waals surface area (Å²) in [6.07, 6.45) is 2.88. The Bertz CT molecular complexity index is 525. The van der Waals surface area contributed by atoms with Gasteiger partial charge in [0.2, 0.25) is 5.91 Å². The zero-order valence-electron chi connectivity index (χ0n) is 11.5. The molecule has 0 bridgehead atoms. The van der Waals surface area contributed by atoms with Crippen LogP contribution in [0.5, 0.6) is 0 Å². The van der Waals surface area contributed by atoms with E-state index in [-0.39, 0.29) is 18.0 Å². The summed E-state index contributed by atoms with van der Waals surface area (Å²) in [5.74, 6) is 0.00588. The normalized spacial score (nSPS) is 13.7. The van der Waals surface area contributed by atoms with Gasteiger partial charge < -0.3 is 11.1 Å². The van der Waals surface area contributed by atoms with Crippen LogP contribution in [0.3, 0.4) is 0 Å². The third kappa shape index (κ3) is 4.15. The Morgan fingerprint density at radius 3 is 2.75 bits per heavy atom. The minimum Gasteiger partial charge on any atom is -0.343 e. The molecule has 2 atom stereocenters. The van der Waals surface area contributed by atoms with Crippen LogP contribution in [-0.4, -0.2) is 16.9 Å². The first kappa shape index (κ1) is 14.7. The highest BCUT2D eigenvalue weighted by Gasteiger charge is 2.18. The molecular formula is C15H19N3OS. The van der Waals surface area contributed by atoms with E-state index < -0.39 is 0 Å². The molecule has 5 heteroatoms. The summed E-state index contributed by atoms with van der Waals surface area (Å²) < 4.78 is 0. The predicted octanol–water partition coefficient (Wildman–Crippen LogP) is 2.48. The number of nitrogens with zero attached hydrogens (tertiary/aromatic N) is 1. The maximum Gasteiger partial charge on any atom is 0.220 e. The molecule has 4 nitrogen and oxygen atoms in total. The molecule has 0 aliphatic carbocycles. The van der Waals surface area contributed by atoms with Crippen molar-refractivity contribution in [3.05, 3.63) is 52.5 Å². The second-order valence-corrected chi connectivity index (χ2v) is 5.72. The molecule has 0 aliphatic rings. The first-order chi connectivity index (χ1) is 9.66. The summed E-state index contributed by atoms with van der Waals surface area (Å²) in [5, 5.41) is 5.85. The number of nitrogens with two attached hydrogens (primary N) is 1. The number of hydrogen-bond acceptors (Lipinski definition) is 4. The highest BCUT2D eigenvalue weighted by atomic mass is 32.1. The highest BCUT2D eigenvalue weighted by Crippen LogP contribution is 2.23. The zero-order valence-corrected chi connectivity index (χ0v) is 12.3. The van der Waals surface area contributed by atoms with Gasteiger partial charge in [-0.05, 0) is 18.9 Å². The summed E-state index contributed by atoms with van der Waals surface area (Å²) in [4.78, 5) is 16.4. The Kier molecular flexibility index (Phi) is 5.26. The van der Waals surface area contributed by atoms with E-state index in [1.165, 1.54) is 0 Å². The van der Waals surface area contributed by atoms with Crippen molar-refractivity contribution in [1.82, 2.24) is 10.3 Å². The van der Waals surface area contributed by atoms with Gasteiger partial charge in [-0.3, -0.25) is 4.79 Å². The quantitative estimate of drug-likeness (QED) is 0.858. The first-order valence-electron chi connectivity index (χ1n) is 6.66. The number of rotatable bonds is 6. The van der Waals surface area contributed by atoms with Gasteiger partial charge in [0.05, 0.1) is 0 Å². The number of aromatic nitrogens is 1. The van der Waals surface area contributed by atoms with E-state index >= 15 is 0 Å². The molecule has 2 rings (SSSR count). The fourth-order valence-corrected chi connectivity index (χ4v) is 2.62. The van der Waals surface area contributed by atoms with Crippen LogP contribution in [-0.2, 0) is 4.79 Å². The van der Waals surface area contributed by atoms with Gasteiger partial charge in [-0.15, -0.1) is 11.3 Å². The number of amides is 1. The highest BCUT2D eigenvalue weighted by molar-refractivity contribution is 7.09. The molecule has 0 saturated heterocycles. The van der Waals surface area contributed by atoms with E-state index in [0.717, 1.165) is 10.6 Å². The van der Waals surface area contributed by atoms with Gasteiger partial charge >= 0.3 is 0 Å². The van der Waals surface area contributed by atoms with Crippen molar-refractivity contribution >= 4 is 17.2 Å². The van der Waals surface area contributed by atoms with Crippen molar-refractivity contribution in [1.29, 1.82) is 0 Å². The van der Waals surface area contributed by atoms with Crippen LogP contribution < -0.4 is 11.1 Å². The van der Waals surface area contributed by atoms with Gasteiger partial charge in [0.25, 0.3) is 0 Å². The number of carbonyl (C=O) groups excluding carboxylic acids is 1. The van der Waals surface area contributed by atoms with E-state index in [9.17, 15) is 4.79 Å². The summed E-state index contributed by atoms with van der Waals surface area (Å²) in [6, 6.07) is 9.73. The number of hydrogen-bond donors (Lipinski definition) is 2. The maximum absolute atomic E-state index is 12.0. The van der Waals surface area contributed by atoms with Gasteiger partial charge in [-0.1, -0.05) is 30.3 Å². The molecule has 1 aromatic heterocycles. The fraction of sp³-hybridized carbons (Fsp3) is 0.333. The van der Waals surface area contributed by atoms with Crippen LogP contribution in [0.2, 0.25) is 0 Å². The molecule has 0 fully saturated rings. The Balaban J connectivity index is 2.10. The van der Waals surface area contributed by atoms with Gasteiger partial charge in [0.1, 0.15) is 11.0 Å². The van der Waals surface area contributed by atoms with Crippen molar-refractivity contribution < 1.29 is 4.79 Å². The second kappa shape index (κ2) is 7.17. The Morgan fingerprint density at radius 1 is 1.40 bits per heavy atom. The van der Waals surface area contributed by atoms with Gasteiger partial charge in [-0.25, -0.2) is 4.98 Å². The number of nitrogens with one attached hydrogen (secondary N) is 1. The zero-order chi connectivity index (χ0) is 14.4. The lowest BCUT2D eigenvalue weighted by Crippen LogP contribution is -2.30. The summed E-state index contributed by atoms with van der Waals surface area (Å²) in [6.45, 7) is 1.91. The molecular weight excluding hydrogens is 270 g/mol. The fourth-order valence-electron chi connectivity index (χ4n) is 1.90. The predicted molar refractivity (Wildman–Crippen MR) is 81.4 cm³/mol. The third-order valence-corrected chi connectivity index (χ3v) is 3.80. The lowest BCUT2D eigenvalue weighted by Gasteiger charge is -2.17. The first-order valence-corrected chi connectivity index (χ1v) is 7.54. The SMILES string of the molecule is CC(N)CCC(=O)NC(c1ccccc1)c1nccs1. The van der Waals surface area contributed by atoms with E-state index in [1.807, 2.05) is 42.6 Å². The maximum atomic E-state index is 12.0. The topological polar surface area (TPSA) is 68.0 Å². The van der Waals surface area contributed by atoms with E-state index in [2.05, 4.69) is 10.3 Å². The molecule has 1 aromatic carbocycles. The van der Waals surface area contributed by atoms with Crippen molar-refractivity contribution in [2.45, 2.75) is 31.8 Å². The minimum atomic E-state index is -0.184. The molecule has 1 amide bonds. The van der Waals surface area contributed by atoms with Crippen LogP contribution in [0.15, 0.2) is 41.9 Å². The van der Waals surface area contributed by atoms with Crippen LogP contribution >= 0.6 is 11.3 Å². The van der Waals surface area contributed by atoms with Gasteiger partial charge in [0.15, 0.2) is 0 Å². The lowest BCUT2D eigenvalue weighted by molar-refractivity contribution is -0.121.